The first-order chi connectivity index (χ1) is 12.8. The lowest BCUT2D eigenvalue weighted by atomic mass is 9.89. The van der Waals surface area contributed by atoms with E-state index in [9.17, 15) is 24.6 Å². The van der Waals surface area contributed by atoms with E-state index in [0.29, 0.717) is 30.0 Å². The van der Waals surface area contributed by atoms with E-state index in [1.54, 1.807) is 36.9 Å². The Bertz CT molecular complexity index is 915. The molecule has 2 heterocycles. The van der Waals surface area contributed by atoms with E-state index in [2.05, 4.69) is 4.98 Å². The van der Waals surface area contributed by atoms with Crippen molar-refractivity contribution in [3.8, 4) is 0 Å². The summed E-state index contributed by atoms with van der Waals surface area (Å²) in [5, 5.41) is 18.5. The first-order valence-electron chi connectivity index (χ1n) is 8.84. The third kappa shape index (κ3) is 3.58. The Morgan fingerprint density at radius 1 is 1.15 bits per heavy atom. The van der Waals surface area contributed by atoms with Crippen molar-refractivity contribution in [2.75, 3.05) is 13.1 Å². The number of carboxylic acids is 2. The topological polar surface area (TPSA) is 111 Å². The highest BCUT2D eigenvalue weighted by Crippen LogP contribution is 2.29. The lowest BCUT2D eigenvalue weighted by Gasteiger charge is -2.33. The maximum atomic E-state index is 13.0. The van der Waals surface area contributed by atoms with Crippen molar-refractivity contribution < 1.29 is 24.6 Å². The van der Waals surface area contributed by atoms with Crippen molar-refractivity contribution in [3.63, 3.8) is 0 Å². The van der Waals surface area contributed by atoms with Gasteiger partial charge in [0.1, 0.15) is 5.69 Å². The molecule has 1 amide bonds. The summed E-state index contributed by atoms with van der Waals surface area (Å²) < 4.78 is 0. The third-order valence-corrected chi connectivity index (χ3v) is 5.18. The number of rotatable bonds is 4. The summed E-state index contributed by atoms with van der Waals surface area (Å²) in [6.07, 6.45) is 1.67. The number of carbonyl (C=O) groups is 3. The zero-order valence-corrected chi connectivity index (χ0v) is 15.3. The van der Waals surface area contributed by atoms with Gasteiger partial charge >= 0.3 is 11.9 Å². The van der Waals surface area contributed by atoms with Crippen LogP contribution in [0.25, 0.3) is 0 Å². The van der Waals surface area contributed by atoms with Gasteiger partial charge in [0.05, 0.1) is 11.1 Å². The quantitative estimate of drug-likeness (QED) is 0.766. The van der Waals surface area contributed by atoms with Crippen molar-refractivity contribution in [2.45, 2.75) is 32.6 Å². The van der Waals surface area contributed by atoms with Gasteiger partial charge in [-0.25, -0.2) is 9.59 Å². The van der Waals surface area contributed by atoms with Crippen LogP contribution in [0.2, 0.25) is 0 Å². The number of nitrogens with zero attached hydrogens (tertiary/aromatic N) is 1. The number of hydrogen-bond donors (Lipinski definition) is 3. The number of benzene rings is 1. The third-order valence-electron chi connectivity index (χ3n) is 5.18. The number of aromatic carboxylic acids is 2. The first kappa shape index (κ1) is 18.7. The van der Waals surface area contributed by atoms with Crippen molar-refractivity contribution in [3.05, 3.63) is 57.9 Å². The van der Waals surface area contributed by atoms with Gasteiger partial charge in [-0.05, 0) is 49.9 Å². The van der Waals surface area contributed by atoms with Crippen LogP contribution in [0, 0.1) is 13.8 Å². The SMILES string of the molecule is Cc1[nH]c(C(=O)N2CCCC(c3cccc(C(=O)O)c3)C2)c(C)c1C(=O)O. The average molecular weight is 370 g/mol. The lowest BCUT2D eigenvalue weighted by Crippen LogP contribution is -2.39. The Kier molecular flexibility index (Phi) is 5.03. The van der Waals surface area contributed by atoms with Crippen LogP contribution in [-0.4, -0.2) is 51.0 Å². The molecule has 3 N–H and O–H groups in total. The van der Waals surface area contributed by atoms with Crippen LogP contribution in [0.1, 0.15) is 66.8 Å². The Morgan fingerprint density at radius 3 is 2.52 bits per heavy atom. The second kappa shape index (κ2) is 7.26. The molecule has 0 aliphatic carbocycles. The molecule has 1 saturated heterocycles. The number of nitrogens with one attached hydrogen (secondary N) is 1. The molecule has 0 spiro atoms. The molecule has 1 fully saturated rings. The molecule has 142 valence electrons. The fourth-order valence-corrected chi connectivity index (χ4v) is 3.80. The molecule has 3 rings (SSSR count). The molecule has 0 saturated carbocycles. The van der Waals surface area contributed by atoms with Crippen LogP contribution in [0.15, 0.2) is 24.3 Å². The molecule has 2 aromatic rings. The number of piperidine rings is 1. The molecule has 1 aliphatic rings. The van der Waals surface area contributed by atoms with E-state index in [1.807, 2.05) is 6.07 Å². The molecule has 1 unspecified atom stereocenters. The second-order valence-electron chi connectivity index (χ2n) is 6.95. The van der Waals surface area contributed by atoms with Crippen LogP contribution in [0.5, 0.6) is 0 Å². The van der Waals surface area contributed by atoms with E-state index in [1.165, 1.54) is 0 Å². The minimum atomic E-state index is -1.05. The van der Waals surface area contributed by atoms with Gasteiger partial charge in [0.2, 0.25) is 0 Å². The maximum absolute atomic E-state index is 13.0. The zero-order chi connectivity index (χ0) is 19.7. The number of amides is 1. The van der Waals surface area contributed by atoms with Crippen LogP contribution in [0.4, 0.5) is 0 Å². The van der Waals surface area contributed by atoms with Gasteiger partial charge in [-0.15, -0.1) is 0 Å². The standard InChI is InChI=1S/C20H22N2O5/c1-11-16(20(26)27)12(2)21-17(11)18(23)22-8-4-7-15(10-22)13-5-3-6-14(9-13)19(24)25/h3,5-6,9,15,21H,4,7-8,10H2,1-2H3,(H,24,25)(H,26,27). The summed E-state index contributed by atoms with van der Waals surface area (Å²) in [5.74, 6) is -2.19. The average Bonchev–Trinajstić information content (AvgIpc) is 2.95. The number of aromatic amines is 1. The molecule has 7 heteroatoms. The molecule has 27 heavy (non-hydrogen) atoms. The highest BCUT2D eigenvalue weighted by Gasteiger charge is 2.29. The van der Waals surface area contributed by atoms with E-state index in [4.69, 9.17) is 0 Å². The minimum absolute atomic E-state index is 0.0531. The fraction of sp³-hybridized carbons (Fsp3) is 0.350. The van der Waals surface area contributed by atoms with Crippen LogP contribution < -0.4 is 0 Å². The number of H-pyrrole nitrogens is 1. The molecule has 0 bridgehead atoms. The van der Waals surface area contributed by atoms with Gasteiger partial charge in [-0.2, -0.15) is 0 Å². The monoisotopic (exact) mass is 370 g/mol. The highest BCUT2D eigenvalue weighted by atomic mass is 16.4. The second-order valence-corrected chi connectivity index (χ2v) is 6.95. The van der Waals surface area contributed by atoms with Gasteiger partial charge in [0.15, 0.2) is 0 Å². The van der Waals surface area contributed by atoms with Crippen LogP contribution >= 0.6 is 0 Å². The molecule has 0 radical (unpaired) electrons. The number of aryl methyl sites for hydroxylation is 1. The van der Waals surface area contributed by atoms with E-state index < -0.39 is 11.9 Å². The molecule has 1 aromatic heterocycles. The first-order valence-corrected chi connectivity index (χ1v) is 8.84. The fourth-order valence-electron chi connectivity index (χ4n) is 3.80. The summed E-state index contributed by atoms with van der Waals surface area (Å²) in [5.41, 5.74) is 2.49. The summed E-state index contributed by atoms with van der Waals surface area (Å²) >= 11 is 0. The Hall–Kier alpha value is -3.09. The normalized spacial score (nSPS) is 17.0. The summed E-state index contributed by atoms with van der Waals surface area (Å²) in [6.45, 7) is 4.34. The Morgan fingerprint density at radius 2 is 1.89 bits per heavy atom. The molecule has 7 nitrogen and oxygen atoms in total. The van der Waals surface area contributed by atoms with E-state index in [0.717, 1.165) is 18.4 Å². The number of carbonyl (C=O) groups excluding carboxylic acids is 1. The molecular formula is C20H22N2O5. The number of likely N-dealkylation sites (tertiary alicyclic amines) is 1. The van der Waals surface area contributed by atoms with Crippen molar-refractivity contribution in [1.82, 2.24) is 9.88 Å². The van der Waals surface area contributed by atoms with Crippen molar-refractivity contribution in [2.24, 2.45) is 0 Å². The molecular weight excluding hydrogens is 348 g/mol. The Labute approximate surface area is 156 Å². The number of hydrogen-bond acceptors (Lipinski definition) is 3. The predicted octanol–water partition coefficient (Wildman–Crippen LogP) is 3.05. The summed E-state index contributed by atoms with van der Waals surface area (Å²) in [7, 11) is 0. The zero-order valence-electron chi connectivity index (χ0n) is 15.3. The maximum Gasteiger partial charge on any atom is 0.337 e. The van der Waals surface area contributed by atoms with E-state index >= 15 is 0 Å². The molecule has 1 aromatic carbocycles. The summed E-state index contributed by atoms with van der Waals surface area (Å²) in [6, 6.07) is 6.82. The Balaban J connectivity index is 1.83. The van der Waals surface area contributed by atoms with Crippen LogP contribution in [0.3, 0.4) is 0 Å². The van der Waals surface area contributed by atoms with Gasteiger partial charge in [0, 0.05) is 24.7 Å². The highest BCUT2D eigenvalue weighted by molar-refractivity contribution is 6.00. The van der Waals surface area contributed by atoms with E-state index in [-0.39, 0.29) is 23.0 Å². The smallest absolute Gasteiger partial charge is 0.337 e. The lowest BCUT2D eigenvalue weighted by molar-refractivity contribution is 0.0682. The number of aromatic nitrogens is 1. The van der Waals surface area contributed by atoms with Gasteiger partial charge in [-0.3, -0.25) is 4.79 Å². The summed E-state index contributed by atoms with van der Waals surface area (Å²) in [4.78, 5) is 40.2. The van der Waals surface area contributed by atoms with Crippen LogP contribution in [-0.2, 0) is 0 Å². The largest absolute Gasteiger partial charge is 0.478 e. The number of carboxylic acid groups (broad SMARTS) is 2. The van der Waals surface area contributed by atoms with Crippen molar-refractivity contribution >= 4 is 17.8 Å². The van der Waals surface area contributed by atoms with Gasteiger partial charge < -0.3 is 20.1 Å². The predicted molar refractivity (Wildman–Crippen MR) is 98.5 cm³/mol. The van der Waals surface area contributed by atoms with Crippen molar-refractivity contribution in [1.29, 1.82) is 0 Å². The van der Waals surface area contributed by atoms with Gasteiger partial charge in [0.25, 0.3) is 5.91 Å². The molecule has 1 aliphatic heterocycles. The minimum Gasteiger partial charge on any atom is -0.478 e. The van der Waals surface area contributed by atoms with Gasteiger partial charge in [-0.1, -0.05) is 12.1 Å². The molecule has 1 atom stereocenters.